The minimum absolute atomic E-state index is 0.388. The van der Waals surface area contributed by atoms with Crippen molar-refractivity contribution in [1.82, 2.24) is 0 Å². The van der Waals surface area contributed by atoms with Crippen molar-refractivity contribution in [3.8, 4) is 11.5 Å². The molecule has 88 valence electrons. The van der Waals surface area contributed by atoms with Crippen LogP contribution >= 0.6 is 11.6 Å². The van der Waals surface area contributed by atoms with Crippen LogP contribution < -0.4 is 9.47 Å². The number of aliphatic hydroxyl groups excluding tert-OH is 1. The van der Waals surface area contributed by atoms with Crippen LogP contribution in [0.25, 0.3) is 0 Å². The number of ether oxygens (including phenoxy) is 2. The Hall–Kier alpha value is -0.930. The minimum Gasteiger partial charge on any atom is -0.489 e. The summed E-state index contributed by atoms with van der Waals surface area (Å²) in [6, 6.07) is 3.71. The number of benzene rings is 1. The van der Waals surface area contributed by atoms with E-state index in [9.17, 15) is 5.11 Å². The molecule has 16 heavy (non-hydrogen) atoms. The number of halogens is 1. The molecule has 0 amide bonds. The van der Waals surface area contributed by atoms with Gasteiger partial charge < -0.3 is 14.6 Å². The van der Waals surface area contributed by atoms with Crippen LogP contribution in [-0.4, -0.2) is 24.4 Å². The maximum absolute atomic E-state index is 9.34. The Kier molecular flexibility index (Phi) is 3.56. The maximum atomic E-state index is 9.34. The highest BCUT2D eigenvalue weighted by Crippen LogP contribution is 2.38. The second kappa shape index (κ2) is 4.93. The van der Waals surface area contributed by atoms with Gasteiger partial charge in [-0.1, -0.05) is 11.6 Å². The Morgan fingerprint density at radius 2 is 2.12 bits per heavy atom. The topological polar surface area (TPSA) is 38.7 Å². The van der Waals surface area contributed by atoms with E-state index in [1.54, 1.807) is 6.92 Å². The van der Waals surface area contributed by atoms with E-state index >= 15 is 0 Å². The summed E-state index contributed by atoms with van der Waals surface area (Å²) in [6.07, 6.45) is 1.04. The summed E-state index contributed by atoms with van der Waals surface area (Å²) in [7, 11) is 0. The molecule has 4 heteroatoms. The van der Waals surface area contributed by atoms with Gasteiger partial charge in [0, 0.05) is 6.42 Å². The zero-order valence-corrected chi connectivity index (χ0v) is 9.96. The van der Waals surface area contributed by atoms with Crippen LogP contribution in [0.3, 0.4) is 0 Å². The van der Waals surface area contributed by atoms with Crippen LogP contribution in [0.2, 0.25) is 5.02 Å². The highest BCUT2D eigenvalue weighted by atomic mass is 35.5. The summed E-state index contributed by atoms with van der Waals surface area (Å²) in [5.74, 6) is 1.30. The molecule has 2 rings (SSSR count). The second-order valence-corrected chi connectivity index (χ2v) is 4.42. The standard InChI is InChI=1S/C12H15ClO3/c1-8(14)5-9-6-10(13)12-11(7-9)15-3-2-4-16-12/h6-8,14H,2-5H2,1H3. The Labute approximate surface area is 99.9 Å². The number of fused-ring (bicyclic) bond motifs is 1. The second-order valence-electron chi connectivity index (χ2n) is 4.01. The van der Waals surface area contributed by atoms with Crippen molar-refractivity contribution in [3.63, 3.8) is 0 Å². The summed E-state index contributed by atoms with van der Waals surface area (Å²) >= 11 is 6.12. The first-order chi connectivity index (χ1) is 7.66. The molecule has 1 heterocycles. The Bertz CT molecular complexity index is 377. The normalized spacial score (nSPS) is 16.7. The predicted molar refractivity (Wildman–Crippen MR) is 62.4 cm³/mol. The molecule has 1 aromatic carbocycles. The van der Waals surface area contributed by atoms with Gasteiger partial charge in [-0.25, -0.2) is 0 Å². The summed E-state index contributed by atoms with van der Waals surface area (Å²) in [6.45, 7) is 3.01. The van der Waals surface area contributed by atoms with Crippen LogP contribution in [0.1, 0.15) is 18.9 Å². The molecular weight excluding hydrogens is 228 g/mol. The van der Waals surface area contributed by atoms with Crippen LogP contribution in [0.5, 0.6) is 11.5 Å². The minimum atomic E-state index is -0.388. The van der Waals surface area contributed by atoms with Crippen molar-refractivity contribution in [1.29, 1.82) is 0 Å². The highest BCUT2D eigenvalue weighted by molar-refractivity contribution is 6.32. The van der Waals surface area contributed by atoms with Crippen LogP contribution in [-0.2, 0) is 6.42 Å². The molecule has 1 unspecified atom stereocenters. The van der Waals surface area contributed by atoms with E-state index in [0.29, 0.717) is 36.2 Å². The first kappa shape index (κ1) is 11.6. The summed E-state index contributed by atoms with van der Waals surface area (Å²) < 4.78 is 11.1. The molecule has 1 aliphatic rings. The van der Waals surface area contributed by atoms with E-state index in [-0.39, 0.29) is 6.10 Å². The smallest absolute Gasteiger partial charge is 0.179 e. The quantitative estimate of drug-likeness (QED) is 0.866. The van der Waals surface area contributed by atoms with Crippen molar-refractivity contribution in [2.24, 2.45) is 0 Å². The van der Waals surface area contributed by atoms with E-state index in [1.807, 2.05) is 12.1 Å². The fourth-order valence-corrected chi connectivity index (χ4v) is 2.03. The van der Waals surface area contributed by atoms with Gasteiger partial charge in [0.1, 0.15) is 0 Å². The molecule has 0 spiro atoms. The fraction of sp³-hybridized carbons (Fsp3) is 0.500. The van der Waals surface area contributed by atoms with E-state index in [1.165, 1.54) is 0 Å². The van der Waals surface area contributed by atoms with Crippen molar-refractivity contribution < 1.29 is 14.6 Å². The zero-order chi connectivity index (χ0) is 11.5. The molecule has 1 aromatic rings. The summed E-state index contributed by atoms with van der Waals surface area (Å²) in [5, 5.41) is 9.89. The van der Waals surface area contributed by atoms with Crippen LogP contribution in [0.15, 0.2) is 12.1 Å². The molecule has 0 aliphatic carbocycles. The molecule has 1 atom stereocenters. The van der Waals surface area contributed by atoms with Crippen molar-refractivity contribution in [3.05, 3.63) is 22.7 Å². The molecule has 0 fully saturated rings. The lowest BCUT2D eigenvalue weighted by atomic mass is 10.1. The van der Waals surface area contributed by atoms with Gasteiger partial charge in [0.2, 0.25) is 0 Å². The molecule has 0 aromatic heterocycles. The molecule has 1 aliphatic heterocycles. The molecule has 0 saturated heterocycles. The third kappa shape index (κ3) is 2.60. The molecular formula is C12H15ClO3. The van der Waals surface area contributed by atoms with E-state index in [2.05, 4.69) is 0 Å². The average Bonchev–Trinajstić information content (AvgIpc) is 2.41. The lowest BCUT2D eigenvalue weighted by Gasteiger charge is -2.12. The first-order valence-corrected chi connectivity index (χ1v) is 5.80. The van der Waals surface area contributed by atoms with Gasteiger partial charge in [-0.2, -0.15) is 0 Å². The Morgan fingerprint density at radius 3 is 2.88 bits per heavy atom. The highest BCUT2D eigenvalue weighted by Gasteiger charge is 2.15. The third-order valence-corrected chi connectivity index (χ3v) is 2.67. The Balaban J connectivity index is 2.32. The van der Waals surface area contributed by atoms with E-state index < -0.39 is 0 Å². The molecule has 3 nitrogen and oxygen atoms in total. The Morgan fingerprint density at radius 1 is 1.38 bits per heavy atom. The number of hydrogen-bond acceptors (Lipinski definition) is 3. The number of rotatable bonds is 2. The van der Waals surface area contributed by atoms with Crippen LogP contribution in [0.4, 0.5) is 0 Å². The lowest BCUT2D eigenvalue weighted by molar-refractivity contribution is 0.195. The largest absolute Gasteiger partial charge is 0.489 e. The summed E-state index contributed by atoms with van der Waals surface area (Å²) in [5.41, 5.74) is 0.962. The van der Waals surface area contributed by atoms with Gasteiger partial charge in [0.15, 0.2) is 11.5 Å². The van der Waals surface area contributed by atoms with Gasteiger partial charge in [-0.05, 0) is 31.0 Å². The van der Waals surface area contributed by atoms with Gasteiger partial charge in [-0.15, -0.1) is 0 Å². The summed E-state index contributed by atoms with van der Waals surface area (Å²) in [4.78, 5) is 0. The van der Waals surface area contributed by atoms with Gasteiger partial charge in [0.05, 0.1) is 24.3 Å². The number of aliphatic hydroxyl groups is 1. The van der Waals surface area contributed by atoms with Gasteiger partial charge >= 0.3 is 0 Å². The third-order valence-electron chi connectivity index (χ3n) is 2.39. The average molecular weight is 243 g/mol. The number of hydrogen-bond donors (Lipinski definition) is 1. The molecule has 0 bridgehead atoms. The van der Waals surface area contributed by atoms with Gasteiger partial charge in [-0.3, -0.25) is 0 Å². The maximum Gasteiger partial charge on any atom is 0.179 e. The first-order valence-electron chi connectivity index (χ1n) is 5.43. The van der Waals surface area contributed by atoms with Gasteiger partial charge in [0.25, 0.3) is 0 Å². The molecule has 0 radical (unpaired) electrons. The molecule has 0 saturated carbocycles. The lowest BCUT2D eigenvalue weighted by Crippen LogP contribution is -2.04. The molecule has 1 N–H and O–H groups in total. The fourth-order valence-electron chi connectivity index (χ4n) is 1.74. The van der Waals surface area contributed by atoms with Crippen molar-refractivity contribution in [2.75, 3.05) is 13.2 Å². The van der Waals surface area contributed by atoms with E-state index in [4.69, 9.17) is 21.1 Å². The predicted octanol–water partition coefficient (Wildman–Crippen LogP) is 2.42. The van der Waals surface area contributed by atoms with Crippen molar-refractivity contribution in [2.45, 2.75) is 25.9 Å². The monoisotopic (exact) mass is 242 g/mol. The SMILES string of the molecule is CC(O)Cc1cc(Cl)c2c(c1)OCCCO2. The van der Waals surface area contributed by atoms with Crippen LogP contribution in [0, 0.1) is 0 Å². The zero-order valence-electron chi connectivity index (χ0n) is 9.20. The van der Waals surface area contributed by atoms with E-state index in [0.717, 1.165) is 12.0 Å². The van der Waals surface area contributed by atoms with Crippen molar-refractivity contribution >= 4 is 11.6 Å².